The Bertz CT molecular complexity index is 662. The molecule has 0 aliphatic heterocycles. The standard InChI is InChI=1S/C13H16ClN3S2/c1-8-7-19-10(9(8)14)13(5-3-4-6-13)11-15-16-12(18)17(11)2/h7H,3-6H2,1-2H3,(H,16,18). The second kappa shape index (κ2) is 4.72. The lowest BCUT2D eigenvalue weighted by Crippen LogP contribution is -2.27. The van der Waals surface area contributed by atoms with Gasteiger partial charge in [-0.25, -0.2) is 0 Å². The molecule has 1 fully saturated rings. The monoisotopic (exact) mass is 313 g/mol. The Balaban J connectivity index is 2.23. The van der Waals surface area contributed by atoms with E-state index in [1.54, 1.807) is 11.3 Å². The van der Waals surface area contributed by atoms with E-state index in [0.717, 1.165) is 29.3 Å². The number of thiophene rings is 1. The summed E-state index contributed by atoms with van der Waals surface area (Å²) in [4.78, 5) is 1.25. The summed E-state index contributed by atoms with van der Waals surface area (Å²) in [6, 6.07) is 0. The number of hydrogen-bond donors (Lipinski definition) is 1. The van der Waals surface area contributed by atoms with Crippen LogP contribution in [0.5, 0.6) is 0 Å². The quantitative estimate of drug-likeness (QED) is 0.836. The van der Waals surface area contributed by atoms with Gasteiger partial charge in [-0.15, -0.1) is 11.3 Å². The number of aromatic nitrogens is 3. The topological polar surface area (TPSA) is 33.6 Å². The van der Waals surface area contributed by atoms with Crippen LogP contribution in [0.25, 0.3) is 0 Å². The molecule has 0 aromatic carbocycles. The van der Waals surface area contributed by atoms with Crippen molar-refractivity contribution >= 4 is 35.2 Å². The maximum atomic E-state index is 6.52. The molecule has 0 atom stereocenters. The van der Waals surface area contributed by atoms with Gasteiger partial charge in [0.15, 0.2) is 4.77 Å². The number of halogens is 1. The van der Waals surface area contributed by atoms with Crippen LogP contribution < -0.4 is 0 Å². The molecule has 3 nitrogen and oxygen atoms in total. The van der Waals surface area contributed by atoms with Gasteiger partial charge >= 0.3 is 0 Å². The molecule has 1 aliphatic carbocycles. The van der Waals surface area contributed by atoms with E-state index >= 15 is 0 Å². The van der Waals surface area contributed by atoms with Gasteiger partial charge in [0, 0.05) is 11.9 Å². The lowest BCUT2D eigenvalue weighted by molar-refractivity contribution is 0.488. The summed E-state index contributed by atoms with van der Waals surface area (Å²) in [5.74, 6) is 1.03. The van der Waals surface area contributed by atoms with E-state index in [1.807, 2.05) is 11.6 Å². The third-order valence-electron chi connectivity index (χ3n) is 4.10. The molecule has 3 rings (SSSR count). The Morgan fingerprint density at radius 3 is 2.63 bits per heavy atom. The first-order chi connectivity index (χ1) is 9.06. The predicted octanol–water partition coefficient (Wildman–Crippen LogP) is 4.36. The molecule has 6 heteroatoms. The van der Waals surface area contributed by atoms with E-state index in [-0.39, 0.29) is 5.41 Å². The molecule has 0 unspecified atom stereocenters. The van der Waals surface area contributed by atoms with E-state index in [9.17, 15) is 0 Å². The van der Waals surface area contributed by atoms with Gasteiger partial charge in [0.05, 0.1) is 10.4 Å². The van der Waals surface area contributed by atoms with E-state index in [4.69, 9.17) is 23.8 Å². The molecule has 2 aromatic heterocycles. The normalized spacial score (nSPS) is 18.1. The van der Waals surface area contributed by atoms with Gasteiger partial charge in [-0.1, -0.05) is 24.4 Å². The van der Waals surface area contributed by atoms with Crippen LogP contribution in [0.4, 0.5) is 0 Å². The summed E-state index contributed by atoms with van der Waals surface area (Å²) in [6.45, 7) is 2.06. The minimum absolute atomic E-state index is 0.0572. The highest BCUT2D eigenvalue weighted by Gasteiger charge is 2.43. The fraction of sp³-hybridized carbons (Fsp3) is 0.538. The highest BCUT2D eigenvalue weighted by atomic mass is 35.5. The molecule has 0 spiro atoms. The largest absolute Gasteiger partial charge is 0.307 e. The molecule has 1 N–H and O–H groups in total. The number of hydrogen-bond acceptors (Lipinski definition) is 3. The number of aryl methyl sites for hydroxylation is 1. The first-order valence-corrected chi connectivity index (χ1v) is 8.09. The van der Waals surface area contributed by atoms with Gasteiger partial charge in [-0.05, 0) is 42.9 Å². The Kier molecular flexibility index (Phi) is 3.31. The van der Waals surface area contributed by atoms with Crippen molar-refractivity contribution in [3.8, 4) is 0 Å². The second-order valence-electron chi connectivity index (χ2n) is 5.26. The minimum Gasteiger partial charge on any atom is -0.307 e. The molecule has 0 radical (unpaired) electrons. The highest BCUT2D eigenvalue weighted by Crippen LogP contribution is 2.50. The summed E-state index contributed by atoms with van der Waals surface area (Å²) in [5, 5.41) is 10.4. The van der Waals surface area contributed by atoms with E-state index in [0.29, 0.717) is 4.77 Å². The first kappa shape index (κ1) is 13.3. The number of rotatable bonds is 2. The fourth-order valence-electron chi connectivity index (χ4n) is 3.06. The molecule has 0 amide bonds. The van der Waals surface area contributed by atoms with Gasteiger partial charge < -0.3 is 4.57 Å². The molecule has 1 saturated carbocycles. The Morgan fingerprint density at radius 1 is 1.47 bits per heavy atom. The van der Waals surface area contributed by atoms with Crippen molar-refractivity contribution in [1.82, 2.24) is 14.8 Å². The highest BCUT2D eigenvalue weighted by molar-refractivity contribution is 7.71. The van der Waals surface area contributed by atoms with Crippen molar-refractivity contribution in [2.45, 2.75) is 38.0 Å². The first-order valence-electron chi connectivity index (χ1n) is 6.42. The molecule has 2 heterocycles. The van der Waals surface area contributed by atoms with Gasteiger partial charge in [-0.3, -0.25) is 5.10 Å². The van der Waals surface area contributed by atoms with Crippen LogP contribution in [0.2, 0.25) is 5.02 Å². The van der Waals surface area contributed by atoms with Crippen LogP contribution in [0.15, 0.2) is 5.38 Å². The van der Waals surface area contributed by atoms with Crippen molar-refractivity contribution in [2.24, 2.45) is 7.05 Å². The molecular weight excluding hydrogens is 298 g/mol. The minimum atomic E-state index is -0.0572. The number of nitrogens with zero attached hydrogens (tertiary/aromatic N) is 2. The summed E-state index contributed by atoms with van der Waals surface area (Å²) in [7, 11) is 1.98. The zero-order valence-corrected chi connectivity index (χ0v) is 13.4. The van der Waals surface area contributed by atoms with Crippen LogP contribution in [0.1, 0.15) is 41.9 Å². The lowest BCUT2D eigenvalue weighted by Gasteiger charge is -2.27. The van der Waals surface area contributed by atoms with E-state index in [2.05, 4.69) is 22.5 Å². The Morgan fingerprint density at radius 2 is 2.16 bits per heavy atom. The van der Waals surface area contributed by atoms with Crippen LogP contribution in [-0.2, 0) is 12.5 Å². The van der Waals surface area contributed by atoms with Crippen molar-refractivity contribution in [2.75, 3.05) is 0 Å². The SMILES string of the molecule is Cc1csc(C2(c3n[nH]c(=S)n3C)CCCC2)c1Cl. The maximum Gasteiger partial charge on any atom is 0.194 e. The average molecular weight is 314 g/mol. The van der Waals surface area contributed by atoms with Crippen LogP contribution >= 0.6 is 35.2 Å². The van der Waals surface area contributed by atoms with Gasteiger partial charge in [0.2, 0.25) is 0 Å². The van der Waals surface area contributed by atoms with Gasteiger partial charge in [0.25, 0.3) is 0 Å². The van der Waals surface area contributed by atoms with E-state index < -0.39 is 0 Å². The zero-order chi connectivity index (χ0) is 13.6. The Hall–Kier alpha value is -0.650. The van der Waals surface area contributed by atoms with Gasteiger partial charge in [-0.2, -0.15) is 5.10 Å². The van der Waals surface area contributed by atoms with Gasteiger partial charge in [0.1, 0.15) is 5.82 Å². The third-order valence-corrected chi connectivity index (χ3v) is 6.36. The summed E-state index contributed by atoms with van der Waals surface area (Å²) >= 11 is 13.5. The van der Waals surface area contributed by atoms with Crippen LogP contribution in [-0.4, -0.2) is 14.8 Å². The summed E-state index contributed by atoms with van der Waals surface area (Å²) < 4.78 is 2.66. The molecule has 1 aliphatic rings. The second-order valence-corrected chi connectivity index (χ2v) is 6.91. The van der Waals surface area contributed by atoms with E-state index in [1.165, 1.54) is 17.7 Å². The van der Waals surface area contributed by atoms with Crippen LogP contribution in [0, 0.1) is 11.7 Å². The molecule has 19 heavy (non-hydrogen) atoms. The zero-order valence-electron chi connectivity index (χ0n) is 11.0. The molecule has 102 valence electrons. The maximum absolute atomic E-state index is 6.52. The fourth-order valence-corrected chi connectivity index (χ4v) is 4.82. The Labute approximate surface area is 126 Å². The molecule has 0 saturated heterocycles. The van der Waals surface area contributed by atoms with Crippen molar-refractivity contribution in [3.63, 3.8) is 0 Å². The van der Waals surface area contributed by atoms with Crippen molar-refractivity contribution in [3.05, 3.63) is 31.4 Å². The van der Waals surface area contributed by atoms with Crippen molar-refractivity contribution in [1.29, 1.82) is 0 Å². The summed E-state index contributed by atoms with van der Waals surface area (Å²) in [5.41, 5.74) is 1.10. The summed E-state index contributed by atoms with van der Waals surface area (Å²) in [6.07, 6.45) is 4.63. The smallest absolute Gasteiger partial charge is 0.194 e. The average Bonchev–Trinajstić information content (AvgIpc) is 3.06. The molecule has 2 aromatic rings. The predicted molar refractivity (Wildman–Crippen MR) is 81.7 cm³/mol. The molecular formula is C13H16ClN3S2. The lowest BCUT2D eigenvalue weighted by atomic mass is 9.83. The number of nitrogens with one attached hydrogen (secondary N) is 1. The van der Waals surface area contributed by atoms with Crippen molar-refractivity contribution < 1.29 is 0 Å². The third kappa shape index (κ3) is 1.90. The van der Waals surface area contributed by atoms with Crippen LogP contribution in [0.3, 0.4) is 0 Å². The number of H-pyrrole nitrogens is 1. The number of aromatic amines is 1. The molecule has 0 bridgehead atoms.